The number of hydrogen-bond acceptors (Lipinski definition) is 7. The van der Waals surface area contributed by atoms with Gasteiger partial charge in [-0.05, 0) is 43.3 Å². The summed E-state index contributed by atoms with van der Waals surface area (Å²) in [6.07, 6.45) is 2.57. The Kier molecular flexibility index (Phi) is 6.29. The van der Waals surface area contributed by atoms with E-state index in [0.717, 1.165) is 6.26 Å². The summed E-state index contributed by atoms with van der Waals surface area (Å²) in [6, 6.07) is 8.70. The van der Waals surface area contributed by atoms with Gasteiger partial charge < -0.3 is 14.8 Å². The maximum Gasteiger partial charge on any atom is 0.344 e. The predicted octanol–water partition coefficient (Wildman–Crippen LogP) is 1.68. The first kappa shape index (κ1) is 19.4. The second-order valence-electron chi connectivity index (χ2n) is 5.21. The number of ether oxygens (including phenoxy) is 2. The van der Waals surface area contributed by atoms with Crippen molar-refractivity contribution in [2.24, 2.45) is 0 Å². The molecule has 1 aromatic heterocycles. The minimum Gasteiger partial charge on any atom is -0.477 e. The number of esters is 1. The van der Waals surface area contributed by atoms with Crippen molar-refractivity contribution in [3.05, 3.63) is 48.2 Å². The summed E-state index contributed by atoms with van der Waals surface area (Å²) in [7, 11) is -3.31. The van der Waals surface area contributed by atoms with Gasteiger partial charge in [-0.1, -0.05) is 0 Å². The molecule has 2 aromatic rings. The van der Waals surface area contributed by atoms with Crippen LogP contribution in [0.4, 0.5) is 5.69 Å². The molecule has 1 N–H and O–H groups in total. The molecule has 2 rings (SSSR count). The van der Waals surface area contributed by atoms with Gasteiger partial charge >= 0.3 is 5.97 Å². The third kappa shape index (κ3) is 5.28. The van der Waals surface area contributed by atoms with Crippen LogP contribution in [0.3, 0.4) is 0 Å². The maximum absolute atomic E-state index is 12.1. The fourth-order valence-corrected chi connectivity index (χ4v) is 2.62. The molecule has 1 aromatic carbocycles. The molecule has 0 aliphatic heterocycles. The third-order valence-electron chi connectivity index (χ3n) is 3.17. The first-order valence-electron chi connectivity index (χ1n) is 7.66. The summed E-state index contributed by atoms with van der Waals surface area (Å²) in [6.45, 7) is 1.58. The lowest BCUT2D eigenvalue weighted by atomic mass is 10.3. The van der Waals surface area contributed by atoms with E-state index >= 15 is 0 Å². The molecule has 0 spiro atoms. The van der Waals surface area contributed by atoms with Gasteiger partial charge in [-0.3, -0.25) is 4.79 Å². The number of hydrogen-bond donors (Lipinski definition) is 1. The fourth-order valence-electron chi connectivity index (χ4n) is 1.99. The summed E-state index contributed by atoms with van der Waals surface area (Å²) in [5, 5.41) is 2.51. The maximum atomic E-state index is 12.1. The van der Waals surface area contributed by atoms with Crippen LogP contribution in [0.5, 0.6) is 5.88 Å². The van der Waals surface area contributed by atoms with Crippen molar-refractivity contribution in [3.8, 4) is 5.88 Å². The lowest BCUT2D eigenvalue weighted by Gasteiger charge is -2.09. The summed E-state index contributed by atoms with van der Waals surface area (Å²) in [5.41, 5.74) is 0.509. The van der Waals surface area contributed by atoms with E-state index in [0.29, 0.717) is 12.3 Å². The van der Waals surface area contributed by atoms with E-state index in [1.165, 1.54) is 36.5 Å². The summed E-state index contributed by atoms with van der Waals surface area (Å²) >= 11 is 0. The van der Waals surface area contributed by atoms with E-state index in [-0.39, 0.29) is 16.3 Å². The molecule has 138 valence electrons. The van der Waals surface area contributed by atoms with E-state index in [1.54, 1.807) is 13.0 Å². The van der Waals surface area contributed by atoms with Gasteiger partial charge in [0.05, 0.1) is 11.5 Å². The Labute approximate surface area is 151 Å². The van der Waals surface area contributed by atoms with Crippen LogP contribution in [-0.4, -0.2) is 44.7 Å². The molecule has 0 aliphatic carbocycles. The highest BCUT2D eigenvalue weighted by Gasteiger charge is 2.16. The van der Waals surface area contributed by atoms with Crippen LogP contribution in [-0.2, 0) is 19.4 Å². The number of sulfone groups is 1. The van der Waals surface area contributed by atoms with E-state index in [1.807, 2.05) is 0 Å². The van der Waals surface area contributed by atoms with Crippen LogP contribution in [0.15, 0.2) is 47.5 Å². The Hall–Kier alpha value is -2.94. The van der Waals surface area contributed by atoms with E-state index in [2.05, 4.69) is 10.3 Å². The minimum absolute atomic E-state index is 0.125. The van der Waals surface area contributed by atoms with Gasteiger partial charge in [0.2, 0.25) is 5.88 Å². The molecular formula is C17H18N2O6S. The average Bonchev–Trinajstić information content (AvgIpc) is 2.60. The zero-order chi connectivity index (χ0) is 19.2. The summed E-state index contributed by atoms with van der Waals surface area (Å²) in [5.74, 6) is -1.16. The minimum atomic E-state index is -3.31. The van der Waals surface area contributed by atoms with Gasteiger partial charge in [-0.2, -0.15) is 0 Å². The van der Waals surface area contributed by atoms with E-state index in [4.69, 9.17) is 9.47 Å². The molecule has 0 aliphatic rings. The van der Waals surface area contributed by atoms with Crippen molar-refractivity contribution in [1.82, 2.24) is 4.98 Å². The van der Waals surface area contributed by atoms with Crippen LogP contribution in [0.25, 0.3) is 0 Å². The monoisotopic (exact) mass is 378 g/mol. The molecule has 8 nitrogen and oxygen atoms in total. The zero-order valence-corrected chi connectivity index (χ0v) is 15.1. The smallest absolute Gasteiger partial charge is 0.344 e. The molecule has 0 saturated heterocycles. The van der Waals surface area contributed by atoms with Crippen LogP contribution in [0.1, 0.15) is 17.3 Å². The number of anilines is 1. The third-order valence-corrected chi connectivity index (χ3v) is 4.30. The van der Waals surface area contributed by atoms with Gasteiger partial charge in [-0.25, -0.2) is 18.2 Å². The Balaban J connectivity index is 1.93. The van der Waals surface area contributed by atoms with Crippen molar-refractivity contribution in [3.63, 3.8) is 0 Å². The Morgan fingerprint density at radius 3 is 2.46 bits per heavy atom. The van der Waals surface area contributed by atoms with Crippen LogP contribution >= 0.6 is 0 Å². The fraction of sp³-hybridized carbons (Fsp3) is 0.235. The van der Waals surface area contributed by atoms with Crippen molar-refractivity contribution in [2.45, 2.75) is 11.8 Å². The molecule has 0 atom stereocenters. The molecule has 0 bridgehead atoms. The van der Waals surface area contributed by atoms with Gasteiger partial charge in [0.15, 0.2) is 16.4 Å². The number of benzene rings is 1. The highest BCUT2D eigenvalue weighted by atomic mass is 32.2. The standard InChI is InChI=1S/C17H18N2O6S/c1-3-24-16-14(5-4-10-18-16)17(21)25-11-15(20)19-12-6-8-13(9-7-12)26(2,22)23/h4-10H,3,11H2,1-2H3,(H,19,20). The lowest BCUT2D eigenvalue weighted by Crippen LogP contribution is -2.21. The number of carbonyl (C=O) groups excluding carboxylic acids is 2. The average molecular weight is 378 g/mol. The first-order valence-corrected chi connectivity index (χ1v) is 9.55. The molecule has 0 unspecified atom stereocenters. The highest BCUT2D eigenvalue weighted by molar-refractivity contribution is 7.90. The van der Waals surface area contributed by atoms with Crippen molar-refractivity contribution in [2.75, 3.05) is 24.8 Å². The molecule has 26 heavy (non-hydrogen) atoms. The predicted molar refractivity (Wildman–Crippen MR) is 93.9 cm³/mol. The number of rotatable bonds is 7. The zero-order valence-electron chi connectivity index (χ0n) is 14.3. The highest BCUT2D eigenvalue weighted by Crippen LogP contribution is 2.16. The van der Waals surface area contributed by atoms with Crippen LogP contribution in [0.2, 0.25) is 0 Å². The lowest BCUT2D eigenvalue weighted by molar-refractivity contribution is -0.119. The van der Waals surface area contributed by atoms with Gasteiger partial charge in [0.25, 0.3) is 5.91 Å². The van der Waals surface area contributed by atoms with Gasteiger partial charge in [0.1, 0.15) is 5.56 Å². The second-order valence-corrected chi connectivity index (χ2v) is 7.23. The quantitative estimate of drug-likeness (QED) is 0.730. The molecule has 1 amide bonds. The van der Waals surface area contributed by atoms with Gasteiger partial charge in [0, 0.05) is 18.1 Å². The summed E-state index contributed by atoms with van der Waals surface area (Å²) < 4.78 is 33.0. The molecule has 1 heterocycles. The Morgan fingerprint density at radius 1 is 1.15 bits per heavy atom. The molecular weight excluding hydrogens is 360 g/mol. The molecule has 9 heteroatoms. The van der Waals surface area contributed by atoms with Crippen molar-refractivity contribution in [1.29, 1.82) is 0 Å². The topological polar surface area (TPSA) is 112 Å². The van der Waals surface area contributed by atoms with Gasteiger partial charge in [-0.15, -0.1) is 0 Å². The number of pyridine rings is 1. The molecule has 0 radical (unpaired) electrons. The normalized spacial score (nSPS) is 10.8. The molecule has 0 fully saturated rings. The van der Waals surface area contributed by atoms with Crippen molar-refractivity contribution < 1.29 is 27.5 Å². The SMILES string of the molecule is CCOc1ncccc1C(=O)OCC(=O)Nc1ccc(S(C)(=O)=O)cc1. The number of aromatic nitrogens is 1. The number of nitrogens with one attached hydrogen (secondary N) is 1. The first-order chi connectivity index (χ1) is 12.3. The largest absolute Gasteiger partial charge is 0.477 e. The van der Waals surface area contributed by atoms with Crippen LogP contribution in [0, 0.1) is 0 Å². The molecule has 0 saturated carbocycles. The summed E-state index contributed by atoms with van der Waals surface area (Å²) in [4.78, 5) is 28.0. The van der Waals surface area contributed by atoms with Crippen molar-refractivity contribution >= 4 is 27.4 Å². The van der Waals surface area contributed by atoms with Crippen LogP contribution < -0.4 is 10.1 Å². The number of amides is 1. The Morgan fingerprint density at radius 2 is 1.85 bits per heavy atom. The Bertz CT molecular complexity index is 894. The second kappa shape index (κ2) is 8.43. The van der Waals surface area contributed by atoms with E-state index in [9.17, 15) is 18.0 Å². The van der Waals surface area contributed by atoms with E-state index < -0.39 is 28.3 Å². The number of carbonyl (C=O) groups is 2. The number of nitrogens with zero attached hydrogens (tertiary/aromatic N) is 1.